The Morgan fingerprint density at radius 1 is 1.29 bits per heavy atom. The van der Waals surface area contributed by atoms with E-state index in [1.165, 1.54) is 6.42 Å². The third kappa shape index (κ3) is 3.35. The summed E-state index contributed by atoms with van der Waals surface area (Å²) in [5, 5.41) is 0. The lowest BCUT2D eigenvalue weighted by Gasteiger charge is -2.35. The van der Waals surface area contributed by atoms with E-state index in [2.05, 4.69) is 18.8 Å². The van der Waals surface area contributed by atoms with Crippen LogP contribution in [0.3, 0.4) is 0 Å². The summed E-state index contributed by atoms with van der Waals surface area (Å²) in [5.74, 6) is 0. The fourth-order valence-corrected chi connectivity index (χ4v) is 4.14. The monoisotopic (exact) mass is 384 g/mol. The zero-order valence-corrected chi connectivity index (χ0v) is 17.2. The first-order valence-electron chi connectivity index (χ1n) is 10.4. The molecular weight excluding hydrogens is 355 g/mol. The van der Waals surface area contributed by atoms with Crippen LogP contribution in [-0.4, -0.2) is 40.1 Å². The topological polar surface area (TPSA) is 62.6 Å². The number of hydrogen-bond acceptors (Lipinski definition) is 5. The van der Waals surface area contributed by atoms with Crippen molar-refractivity contribution in [2.24, 2.45) is 0 Å². The van der Waals surface area contributed by atoms with Crippen LogP contribution in [-0.2, 0) is 14.0 Å². The molecule has 2 aromatic heterocycles. The second kappa shape index (κ2) is 7.19. The van der Waals surface area contributed by atoms with Gasteiger partial charge in [-0.2, -0.15) is 0 Å². The molecule has 3 heterocycles. The smallest absolute Gasteiger partial charge is 0.446 e. The lowest BCUT2D eigenvalue weighted by molar-refractivity contribution is -0.0118. The van der Waals surface area contributed by atoms with Crippen LogP contribution in [0.4, 0.5) is 4.79 Å². The number of carbonyl (C=O) groups is 1. The number of ether oxygens (including phenoxy) is 1. The van der Waals surface area contributed by atoms with Crippen LogP contribution in [0.2, 0.25) is 0 Å². The van der Waals surface area contributed by atoms with E-state index in [1.54, 1.807) is 17.0 Å². The lowest BCUT2D eigenvalue weighted by Crippen LogP contribution is -2.44. The molecule has 7 heteroatoms. The molecular formula is C21H29BN2O4. The van der Waals surface area contributed by atoms with Crippen LogP contribution >= 0.6 is 0 Å². The number of pyridine rings is 1. The normalized spacial score (nSPS) is 25.4. The number of rotatable bonds is 3. The maximum atomic E-state index is 12.7. The summed E-state index contributed by atoms with van der Waals surface area (Å²) < 4.78 is 19.7. The molecule has 0 spiro atoms. The summed E-state index contributed by atoms with van der Waals surface area (Å²) in [5.41, 5.74) is 1.48. The van der Waals surface area contributed by atoms with E-state index >= 15 is 0 Å². The third-order valence-corrected chi connectivity index (χ3v) is 6.57. The zero-order chi connectivity index (χ0) is 19.9. The Labute approximate surface area is 166 Å². The molecule has 0 N–H and O–H groups in total. The highest BCUT2D eigenvalue weighted by atomic mass is 16.7. The highest BCUT2D eigenvalue weighted by molar-refractivity contribution is 6.62. The standard InChI is InChI=1S/C21H29BN2O4/c1-5-21(4)20(2,3)27-22(28-21)15-13-18-17(23-14-15)11-12-24(18)19(25)26-16-9-7-6-8-10-16/h11-14,16H,5-10H2,1-4H3. The van der Waals surface area contributed by atoms with E-state index in [0.717, 1.165) is 43.1 Å². The summed E-state index contributed by atoms with van der Waals surface area (Å²) in [7, 11) is -0.505. The Kier molecular flexibility index (Phi) is 5.00. The molecule has 1 unspecified atom stereocenters. The van der Waals surface area contributed by atoms with Gasteiger partial charge >= 0.3 is 13.2 Å². The van der Waals surface area contributed by atoms with Crippen molar-refractivity contribution in [3.05, 3.63) is 24.5 Å². The Morgan fingerprint density at radius 2 is 2.04 bits per heavy atom. The lowest BCUT2D eigenvalue weighted by atomic mass is 9.80. The molecule has 4 rings (SSSR count). The zero-order valence-electron chi connectivity index (χ0n) is 17.2. The van der Waals surface area contributed by atoms with Gasteiger partial charge in [0.1, 0.15) is 6.10 Å². The van der Waals surface area contributed by atoms with Gasteiger partial charge in [0.25, 0.3) is 0 Å². The number of carbonyl (C=O) groups excluding carboxylic acids is 1. The molecule has 0 bridgehead atoms. The van der Waals surface area contributed by atoms with Crippen LogP contribution in [0.1, 0.15) is 66.2 Å². The van der Waals surface area contributed by atoms with E-state index in [0.29, 0.717) is 5.52 Å². The molecule has 0 aromatic carbocycles. The van der Waals surface area contributed by atoms with Crippen LogP contribution in [0, 0.1) is 0 Å². The minimum Gasteiger partial charge on any atom is -0.446 e. The fourth-order valence-electron chi connectivity index (χ4n) is 4.14. The largest absolute Gasteiger partial charge is 0.496 e. The minimum atomic E-state index is -0.505. The maximum absolute atomic E-state index is 12.7. The van der Waals surface area contributed by atoms with Crippen molar-refractivity contribution < 1.29 is 18.8 Å². The van der Waals surface area contributed by atoms with Gasteiger partial charge in [0.05, 0.1) is 22.2 Å². The Balaban J connectivity index is 1.59. The van der Waals surface area contributed by atoms with Gasteiger partial charge in [-0.1, -0.05) is 13.3 Å². The van der Waals surface area contributed by atoms with Gasteiger partial charge in [0.15, 0.2) is 0 Å². The van der Waals surface area contributed by atoms with E-state index in [9.17, 15) is 4.79 Å². The molecule has 150 valence electrons. The molecule has 1 aliphatic carbocycles. The minimum absolute atomic E-state index is 0.0161. The number of nitrogens with zero attached hydrogens (tertiary/aromatic N) is 2. The van der Waals surface area contributed by atoms with Crippen molar-refractivity contribution in [3.63, 3.8) is 0 Å². The van der Waals surface area contributed by atoms with Crippen molar-refractivity contribution in [2.75, 3.05) is 0 Å². The van der Waals surface area contributed by atoms with Gasteiger partial charge in [0, 0.05) is 17.9 Å². The van der Waals surface area contributed by atoms with Crippen molar-refractivity contribution >= 4 is 29.7 Å². The molecule has 28 heavy (non-hydrogen) atoms. The van der Waals surface area contributed by atoms with Crippen LogP contribution in [0.25, 0.3) is 11.0 Å². The Morgan fingerprint density at radius 3 is 2.71 bits per heavy atom. The highest BCUT2D eigenvalue weighted by Crippen LogP contribution is 2.39. The molecule has 1 aliphatic heterocycles. The van der Waals surface area contributed by atoms with Gasteiger partial charge < -0.3 is 14.0 Å². The summed E-state index contributed by atoms with van der Waals surface area (Å²) in [6.07, 6.45) is 9.38. The van der Waals surface area contributed by atoms with Crippen LogP contribution < -0.4 is 5.46 Å². The fraction of sp³-hybridized carbons (Fsp3) is 0.619. The molecule has 0 amide bonds. The average Bonchev–Trinajstić information content (AvgIpc) is 3.21. The summed E-state index contributed by atoms with van der Waals surface area (Å²) in [4.78, 5) is 17.2. The van der Waals surface area contributed by atoms with Crippen molar-refractivity contribution in [2.45, 2.75) is 83.5 Å². The molecule has 2 aliphatic rings. The number of hydrogen-bond donors (Lipinski definition) is 0. The molecule has 0 radical (unpaired) electrons. The van der Waals surface area contributed by atoms with E-state index in [-0.39, 0.29) is 17.8 Å². The van der Waals surface area contributed by atoms with E-state index < -0.39 is 12.7 Å². The second-order valence-electron chi connectivity index (χ2n) is 8.66. The van der Waals surface area contributed by atoms with E-state index in [1.807, 2.05) is 26.0 Å². The van der Waals surface area contributed by atoms with Gasteiger partial charge in [0.2, 0.25) is 0 Å². The average molecular weight is 384 g/mol. The first-order chi connectivity index (χ1) is 13.3. The van der Waals surface area contributed by atoms with Crippen molar-refractivity contribution in [1.29, 1.82) is 0 Å². The maximum Gasteiger partial charge on any atom is 0.496 e. The van der Waals surface area contributed by atoms with Crippen molar-refractivity contribution in [3.8, 4) is 0 Å². The molecule has 1 saturated heterocycles. The highest BCUT2D eigenvalue weighted by Gasteiger charge is 2.53. The predicted octanol–water partition coefficient (Wildman–Crippen LogP) is 4.04. The van der Waals surface area contributed by atoms with Gasteiger partial charge in [-0.15, -0.1) is 0 Å². The van der Waals surface area contributed by atoms with Crippen LogP contribution in [0.5, 0.6) is 0 Å². The summed E-state index contributed by atoms with van der Waals surface area (Å²) >= 11 is 0. The Bertz CT molecular complexity index is 874. The van der Waals surface area contributed by atoms with E-state index in [4.69, 9.17) is 14.0 Å². The molecule has 2 fully saturated rings. The molecule has 1 atom stereocenters. The Hall–Kier alpha value is -1.86. The number of fused-ring (bicyclic) bond motifs is 1. The first kappa shape index (κ1) is 19.5. The SMILES string of the molecule is CCC1(C)OB(c2cnc3ccn(C(=O)OC4CCCCC4)c3c2)OC1(C)C. The van der Waals surface area contributed by atoms with Gasteiger partial charge in [-0.25, -0.2) is 4.79 Å². The second-order valence-corrected chi connectivity index (χ2v) is 8.66. The predicted molar refractivity (Wildman–Crippen MR) is 109 cm³/mol. The van der Waals surface area contributed by atoms with Crippen molar-refractivity contribution in [1.82, 2.24) is 9.55 Å². The molecule has 6 nitrogen and oxygen atoms in total. The van der Waals surface area contributed by atoms with Gasteiger partial charge in [-0.3, -0.25) is 9.55 Å². The van der Waals surface area contributed by atoms with Gasteiger partial charge in [-0.05, 0) is 65.0 Å². The molecule has 2 aromatic rings. The third-order valence-electron chi connectivity index (χ3n) is 6.57. The first-order valence-corrected chi connectivity index (χ1v) is 10.4. The molecule has 1 saturated carbocycles. The number of aromatic nitrogens is 2. The summed E-state index contributed by atoms with van der Waals surface area (Å²) in [6, 6.07) is 3.75. The quantitative estimate of drug-likeness (QED) is 0.748. The summed E-state index contributed by atoms with van der Waals surface area (Å²) in [6.45, 7) is 8.27. The van der Waals surface area contributed by atoms with Crippen LogP contribution in [0.15, 0.2) is 24.5 Å².